The Labute approximate surface area is 210 Å². The molecule has 4 atom stereocenters. The van der Waals surface area contributed by atoms with E-state index in [0.717, 1.165) is 51.4 Å². The van der Waals surface area contributed by atoms with Crippen molar-refractivity contribution in [2.45, 2.75) is 110 Å². The highest BCUT2D eigenvalue weighted by Crippen LogP contribution is 2.43. The highest BCUT2D eigenvalue weighted by atomic mass is 16.6. The van der Waals surface area contributed by atoms with E-state index in [-0.39, 0.29) is 23.7 Å². The predicted molar refractivity (Wildman–Crippen MR) is 133 cm³/mol. The Balaban J connectivity index is 1.78. The van der Waals surface area contributed by atoms with Crippen LogP contribution in [0.2, 0.25) is 0 Å². The summed E-state index contributed by atoms with van der Waals surface area (Å²) in [6.07, 6.45) is 8.22. The Hall–Kier alpha value is -2.32. The standard InChI is InChI=1S/C26H45N3O6/c1-6-34-24(32)19-17-18(19)13-10-8-7-9-11-14-20(28-25(33)35-26(2,3)4)23(31)29-16-12-15-21(29)22(30)27-5/h18-21H,6-17H2,1-5H3,(H,27,30)(H,28,33)/t18-,19+,20+,21+/m1/s1. The normalized spacial score (nSPS) is 22.3. The van der Waals surface area contributed by atoms with Crippen molar-refractivity contribution in [3.05, 3.63) is 0 Å². The highest BCUT2D eigenvalue weighted by Gasteiger charge is 2.43. The molecule has 1 saturated carbocycles. The molecule has 2 fully saturated rings. The Bertz CT molecular complexity index is 735. The molecule has 0 aromatic rings. The molecular weight excluding hydrogens is 450 g/mol. The zero-order valence-electron chi connectivity index (χ0n) is 22.2. The molecule has 0 radical (unpaired) electrons. The number of likely N-dealkylation sites (tertiary alicyclic amines) is 1. The molecule has 0 aromatic carbocycles. The fraction of sp³-hybridized carbons (Fsp3) is 0.846. The van der Waals surface area contributed by atoms with E-state index in [1.807, 2.05) is 6.92 Å². The van der Waals surface area contributed by atoms with Gasteiger partial charge in [-0.25, -0.2) is 4.79 Å². The Kier molecular flexibility index (Phi) is 11.3. The Morgan fingerprint density at radius 2 is 1.74 bits per heavy atom. The van der Waals surface area contributed by atoms with Crippen LogP contribution in [-0.2, 0) is 23.9 Å². The molecule has 1 aliphatic carbocycles. The SMILES string of the molecule is CCOC(=O)[C@H]1C[C@H]1CCCCCCC[C@H](NC(=O)OC(C)(C)C)C(=O)N1CCC[C@H]1C(=O)NC. The molecule has 2 N–H and O–H groups in total. The Morgan fingerprint density at radius 3 is 2.40 bits per heavy atom. The first-order valence-electron chi connectivity index (χ1n) is 13.3. The van der Waals surface area contributed by atoms with Gasteiger partial charge in [0.05, 0.1) is 12.5 Å². The molecule has 9 heteroatoms. The third kappa shape index (κ3) is 9.68. The van der Waals surface area contributed by atoms with Crippen molar-refractivity contribution in [2.75, 3.05) is 20.2 Å². The van der Waals surface area contributed by atoms with Crippen LogP contribution in [-0.4, -0.2) is 66.7 Å². The number of amides is 3. The maximum atomic E-state index is 13.3. The lowest BCUT2D eigenvalue weighted by atomic mass is 10.0. The van der Waals surface area contributed by atoms with Crippen LogP contribution in [0.3, 0.4) is 0 Å². The van der Waals surface area contributed by atoms with Crippen LogP contribution in [0.15, 0.2) is 0 Å². The number of carbonyl (C=O) groups is 4. The van der Waals surface area contributed by atoms with E-state index in [2.05, 4.69) is 10.6 Å². The lowest BCUT2D eigenvalue weighted by molar-refractivity contribution is -0.145. The molecule has 2 rings (SSSR count). The van der Waals surface area contributed by atoms with Crippen molar-refractivity contribution in [1.29, 1.82) is 0 Å². The third-order valence-electron chi connectivity index (χ3n) is 6.65. The topological polar surface area (TPSA) is 114 Å². The molecule has 1 saturated heterocycles. The third-order valence-corrected chi connectivity index (χ3v) is 6.65. The number of rotatable bonds is 13. The summed E-state index contributed by atoms with van der Waals surface area (Å²) in [5.74, 6) is 0.128. The number of carbonyl (C=O) groups excluding carboxylic acids is 4. The van der Waals surface area contributed by atoms with E-state index in [9.17, 15) is 19.2 Å². The molecule has 2 aliphatic rings. The molecule has 0 spiro atoms. The number of nitrogens with one attached hydrogen (secondary N) is 2. The minimum absolute atomic E-state index is 0.0534. The minimum Gasteiger partial charge on any atom is -0.466 e. The average Bonchev–Trinajstić information content (AvgIpc) is 3.39. The summed E-state index contributed by atoms with van der Waals surface area (Å²) < 4.78 is 10.5. The summed E-state index contributed by atoms with van der Waals surface area (Å²) >= 11 is 0. The lowest BCUT2D eigenvalue weighted by Gasteiger charge is -2.29. The van der Waals surface area contributed by atoms with E-state index in [0.29, 0.717) is 31.9 Å². The first kappa shape index (κ1) is 28.9. The van der Waals surface area contributed by atoms with Gasteiger partial charge in [0, 0.05) is 13.6 Å². The number of hydrogen-bond donors (Lipinski definition) is 2. The molecule has 0 unspecified atom stereocenters. The van der Waals surface area contributed by atoms with Gasteiger partial charge in [0.2, 0.25) is 11.8 Å². The van der Waals surface area contributed by atoms with Crippen molar-refractivity contribution >= 4 is 23.9 Å². The fourth-order valence-electron chi connectivity index (χ4n) is 4.77. The molecule has 1 heterocycles. The maximum Gasteiger partial charge on any atom is 0.408 e. The van der Waals surface area contributed by atoms with E-state index in [4.69, 9.17) is 9.47 Å². The van der Waals surface area contributed by atoms with Gasteiger partial charge in [-0.05, 0) is 65.7 Å². The van der Waals surface area contributed by atoms with Crippen LogP contribution in [0.5, 0.6) is 0 Å². The maximum absolute atomic E-state index is 13.3. The summed E-state index contributed by atoms with van der Waals surface area (Å²) in [5, 5.41) is 5.38. The van der Waals surface area contributed by atoms with Gasteiger partial charge in [-0.1, -0.05) is 32.1 Å². The van der Waals surface area contributed by atoms with E-state index in [1.54, 1.807) is 32.7 Å². The quantitative estimate of drug-likeness (QED) is 0.298. The number of hydrogen-bond acceptors (Lipinski definition) is 6. The van der Waals surface area contributed by atoms with Crippen LogP contribution in [0.4, 0.5) is 4.79 Å². The van der Waals surface area contributed by atoms with Crippen LogP contribution in [0, 0.1) is 11.8 Å². The summed E-state index contributed by atoms with van der Waals surface area (Å²) in [6, 6.07) is -1.21. The van der Waals surface area contributed by atoms with Gasteiger partial charge in [0.25, 0.3) is 0 Å². The summed E-state index contributed by atoms with van der Waals surface area (Å²) in [6.45, 7) is 8.13. The highest BCUT2D eigenvalue weighted by molar-refractivity contribution is 5.91. The van der Waals surface area contributed by atoms with Gasteiger partial charge in [-0.15, -0.1) is 0 Å². The van der Waals surface area contributed by atoms with Gasteiger partial charge in [-0.2, -0.15) is 0 Å². The molecule has 200 valence electrons. The summed E-state index contributed by atoms with van der Waals surface area (Å²) in [4.78, 5) is 51.2. The summed E-state index contributed by atoms with van der Waals surface area (Å²) in [7, 11) is 1.57. The van der Waals surface area contributed by atoms with Gasteiger partial charge in [0.15, 0.2) is 0 Å². The average molecular weight is 496 g/mol. The summed E-state index contributed by atoms with van der Waals surface area (Å²) in [5.41, 5.74) is -0.663. The van der Waals surface area contributed by atoms with E-state index < -0.39 is 23.8 Å². The van der Waals surface area contributed by atoms with Gasteiger partial charge >= 0.3 is 12.1 Å². The van der Waals surface area contributed by atoms with Crippen molar-refractivity contribution < 1.29 is 28.7 Å². The number of alkyl carbamates (subject to hydrolysis) is 1. The number of nitrogens with zero attached hydrogens (tertiary/aromatic N) is 1. The van der Waals surface area contributed by atoms with Crippen molar-refractivity contribution in [3.63, 3.8) is 0 Å². The first-order valence-corrected chi connectivity index (χ1v) is 13.3. The number of esters is 1. The molecule has 0 bridgehead atoms. The fourth-order valence-corrected chi connectivity index (χ4v) is 4.77. The van der Waals surface area contributed by atoms with Crippen LogP contribution < -0.4 is 10.6 Å². The largest absolute Gasteiger partial charge is 0.466 e. The second-order valence-corrected chi connectivity index (χ2v) is 10.7. The Morgan fingerprint density at radius 1 is 1.06 bits per heavy atom. The number of unbranched alkanes of at least 4 members (excludes halogenated alkanes) is 4. The lowest BCUT2D eigenvalue weighted by Crippen LogP contribution is -2.53. The molecule has 9 nitrogen and oxygen atoms in total. The van der Waals surface area contributed by atoms with E-state index in [1.165, 1.54) is 0 Å². The van der Waals surface area contributed by atoms with Crippen LogP contribution >= 0.6 is 0 Å². The van der Waals surface area contributed by atoms with Crippen LogP contribution in [0.1, 0.15) is 91.9 Å². The predicted octanol–water partition coefficient (Wildman–Crippen LogP) is 3.55. The van der Waals surface area contributed by atoms with Crippen molar-refractivity contribution in [3.8, 4) is 0 Å². The smallest absolute Gasteiger partial charge is 0.408 e. The first-order chi connectivity index (χ1) is 16.6. The van der Waals surface area contributed by atoms with Crippen LogP contribution in [0.25, 0.3) is 0 Å². The second-order valence-electron chi connectivity index (χ2n) is 10.7. The van der Waals surface area contributed by atoms with Gasteiger partial charge < -0.3 is 25.0 Å². The number of likely N-dealkylation sites (N-methyl/N-ethyl adjacent to an activating group) is 1. The zero-order valence-corrected chi connectivity index (χ0v) is 22.2. The zero-order chi connectivity index (χ0) is 26.0. The monoisotopic (exact) mass is 495 g/mol. The van der Waals surface area contributed by atoms with Gasteiger partial charge in [0.1, 0.15) is 17.7 Å². The van der Waals surface area contributed by atoms with Crippen molar-refractivity contribution in [1.82, 2.24) is 15.5 Å². The molecule has 35 heavy (non-hydrogen) atoms. The van der Waals surface area contributed by atoms with E-state index >= 15 is 0 Å². The number of ether oxygens (including phenoxy) is 2. The second kappa shape index (κ2) is 13.7. The molecule has 1 aliphatic heterocycles. The molecular formula is C26H45N3O6. The minimum atomic E-state index is -0.716. The molecule has 0 aromatic heterocycles. The van der Waals surface area contributed by atoms with Crippen molar-refractivity contribution in [2.24, 2.45) is 11.8 Å². The molecule has 3 amide bonds. The van der Waals surface area contributed by atoms with Gasteiger partial charge in [-0.3, -0.25) is 14.4 Å².